The Morgan fingerprint density at radius 1 is 1.75 bits per heavy atom. The van der Waals surface area contributed by atoms with E-state index in [1.807, 2.05) is 4.72 Å². The first-order valence-corrected chi connectivity index (χ1v) is 4.71. The lowest BCUT2D eigenvalue weighted by molar-refractivity contribution is 0.463. The van der Waals surface area contributed by atoms with E-state index in [4.69, 9.17) is 4.42 Å². The molecule has 0 aliphatic rings. The van der Waals surface area contributed by atoms with Crippen molar-refractivity contribution in [3.05, 3.63) is 17.8 Å². The number of nitrogens with one attached hydrogen (secondary N) is 1. The zero-order valence-electron chi connectivity index (χ0n) is 6.44. The Morgan fingerprint density at radius 2 is 2.42 bits per heavy atom. The summed E-state index contributed by atoms with van der Waals surface area (Å²) in [6, 6.07) is 0. The molecule has 1 aromatic heterocycles. The second-order valence-electron chi connectivity index (χ2n) is 2.23. The summed E-state index contributed by atoms with van der Waals surface area (Å²) in [4.78, 5) is 3.77. The first-order chi connectivity index (χ1) is 5.47. The highest BCUT2D eigenvalue weighted by atomic mass is 32.2. The van der Waals surface area contributed by atoms with Crippen LogP contribution in [-0.2, 0) is 16.8 Å². The molecule has 0 saturated carbocycles. The highest BCUT2D eigenvalue weighted by Gasteiger charge is 2.04. The molecule has 68 valence electrons. The fraction of sp³-hybridized carbons (Fsp3) is 0.400. The van der Waals surface area contributed by atoms with Gasteiger partial charge in [0.05, 0.1) is 12.7 Å². The summed E-state index contributed by atoms with van der Waals surface area (Å²) in [6.45, 7) is 1.69. The van der Waals surface area contributed by atoms with Gasteiger partial charge in [-0.05, 0) is 6.92 Å². The van der Waals surface area contributed by atoms with Crippen molar-refractivity contribution in [1.29, 1.82) is 0 Å². The lowest BCUT2D eigenvalue weighted by Gasteiger charge is -1.96. The molecule has 0 bridgehead atoms. The standard InChI is InChI=1S/C5H9N3O3S/c1-4-2-7-5(11-4)3-8-12(6,9)10/h2,8H,3H2,1H3,(H2,6,9,10). The SMILES string of the molecule is Cc1cnc(CNS(N)(=O)=O)o1. The summed E-state index contributed by atoms with van der Waals surface area (Å²) in [5, 5.41) is 4.68. The summed E-state index contributed by atoms with van der Waals surface area (Å²) >= 11 is 0. The summed E-state index contributed by atoms with van der Waals surface area (Å²) in [6.07, 6.45) is 1.50. The lowest BCUT2D eigenvalue weighted by atomic mass is 10.6. The third-order valence-electron chi connectivity index (χ3n) is 1.09. The van der Waals surface area contributed by atoms with Gasteiger partial charge < -0.3 is 4.42 Å². The van der Waals surface area contributed by atoms with Gasteiger partial charge >= 0.3 is 0 Å². The molecule has 0 saturated heterocycles. The number of hydrogen-bond donors (Lipinski definition) is 2. The molecular weight excluding hydrogens is 182 g/mol. The number of aromatic nitrogens is 1. The quantitative estimate of drug-likeness (QED) is 0.658. The molecule has 0 fully saturated rings. The van der Waals surface area contributed by atoms with Gasteiger partial charge in [0.25, 0.3) is 10.2 Å². The molecule has 3 N–H and O–H groups in total. The molecule has 0 amide bonds. The van der Waals surface area contributed by atoms with E-state index in [-0.39, 0.29) is 6.54 Å². The van der Waals surface area contributed by atoms with Gasteiger partial charge in [-0.1, -0.05) is 0 Å². The van der Waals surface area contributed by atoms with Gasteiger partial charge in [0.15, 0.2) is 0 Å². The Morgan fingerprint density at radius 3 is 2.83 bits per heavy atom. The molecule has 0 atom stereocenters. The van der Waals surface area contributed by atoms with E-state index >= 15 is 0 Å². The predicted octanol–water partition coefficient (Wildman–Crippen LogP) is -0.724. The second-order valence-corrected chi connectivity index (χ2v) is 3.61. The van der Waals surface area contributed by atoms with Crippen LogP contribution in [0.3, 0.4) is 0 Å². The minimum absolute atomic E-state index is 0.0212. The first kappa shape index (κ1) is 9.17. The van der Waals surface area contributed by atoms with E-state index in [1.54, 1.807) is 6.92 Å². The molecule has 6 nitrogen and oxygen atoms in total. The van der Waals surface area contributed by atoms with Gasteiger partial charge in [-0.2, -0.15) is 13.1 Å². The van der Waals surface area contributed by atoms with Gasteiger partial charge in [0, 0.05) is 0 Å². The predicted molar refractivity (Wildman–Crippen MR) is 41.2 cm³/mol. The smallest absolute Gasteiger partial charge is 0.274 e. The maximum atomic E-state index is 10.4. The van der Waals surface area contributed by atoms with Crippen molar-refractivity contribution in [3.8, 4) is 0 Å². The van der Waals surface area contributed by atoms with Crippen molar-refractivity contribution in [2.24, 2.45) is 5.14 Å². The molecule has 0 radical (unpaired) electrons. The number of nitrogens with two attached hydrogens (primary N) is 1. The minimum Gasteiger partial charge on any atom is -0.445 e. The monoisotopic (exact) mass is 191 g/mol. The highest BCUT2D eigenvalue weighted by molar-refractivity contribution is 7.87. The molecule has 7 heteroatoms. The van der Waals surface area contributed by atoms with E-state index < -0.39 is 10.2 Å². The van der Waals surface area contributed by atoms with Crippen LogP contribution in [0.25, 0.3) is 0 Å². The van der Waals surface area contributed by atoms with Crippen LogP contribution in [0.5, 0.6) is 0 Å². The average Bonchev–Trinajstić information content (AvgIpc) is 2.30. The largest absolute Gasteiger partial charge is 0.445 e. The number of hydrogen-bond acceptors (Lipinski definition) is 4. The van der Waals surface area contributed by atoms with E-state index in [1.165, 1.54) is 6.20 Å². The van der Waals surface area contributed by atoms with Crippen LogP contribution >= 0.6 is 0 Å². The van der Waals surface area contributed by atoms with Crippen LogP contribution in [0.2, 0.25) is 0 Å². The molecule has 12 heavy (non-hydrogen) atoms. The van der Waals surface area contributed by atoms with Gasteiger partial charge in [0.2, 0.25) is 5.89 Å². The maximum absolute atomic E-state index is 10.4. The van der Waals surface area contributed by atoms with Gasteiger partial charge in [-0.25, -0.2) is 10.1 Å². The van der Waals surface area contributed by atoms with Crippen molar-refractivity contribution in [3.63, 3.8) is 0 Å². The van der Waals surface area contributed by atoms with Crippen molar-refractivity contribution >= 4 is 10.2 Å². The molecule has 1 rings (SSSR count). The first-order valence-electron chi connectivity index (χ1n) is 3.16. The molecule has 0 aliphatic heterocycles. The van der Waals surface area contributed by atoms with E-state index in [9.17, 15) is 8.42 Å². The Hall–Kier alpha value is -0.920. The fourth-order valence-electron chi connectivity index (χ4n) is 0.645. The third kappa shape index (κ3) is 2.99. The zero-order chi connectivity index (χ0) is 9.19. The number of oxazole rings is 1. The van der Waals surface area contributed by atoms with Crippen molar-refractivity contribution < 1.29 is 12.8 Å². The van der Waals surface area contributed by atoms with Crippen LogP contribution in [0.4, 0.5) is 0 Å². The van der Waals surface area contributed by atoms with E-state index in [0.29, 0.717) is 11.7 Å². The number of aryl methyl sites for hydroxylation is 1. The Balaban J connectivity index is 2.55. The summed E-state index contributed by atoms with van der Waals surface area (Å²) in [5.74, 6) is 0.919. The van der Waals surface area contributed by atoms with Gasteiger partial charge in [-0.15, -0.1) is 0 Å². The van der Waals surface area contributed by atoms with E-state index in [2.05, 4.69) is 10.1 Å². The summed E-state index contributed by atoms with van der Waals surface area (Å²) in [7, 11) is -3.66. The van der Waals surface area contributed by atoms with Crippen LogP contribution in [0, 0.1) is 6.92 Å². The van der Waals surface area contributed by atoms with Crippen LogP contribution in [0.1, 0.15) is 11.7 Å². The molecule has 0 aliphatic carbocycles. The molecule has 0 spiro atoms. The minimum atomic E-state index is -3.66. The third-order valence-corrected chi connectivity index (χ3v) is 1.64. The number of nitrogens with zero attached hydrogens (tertiary/aromatic N) is 1. The Labute approximate surface area is 70.0 Å². The summed E-state index contributed by atoms with van der Waals surface area (Å²) in [5.41, 5.74) is 0. The molecule has 1 aromatic rings. The van der Waals surface area contributed by atoms with E-state index in [0.717, 1.165) is 0 Å². The Bertz CT molecular complexity index is 356. The molecule has 0 unspecified atom stereocenters. The zero-order valence-corrected chi connectivity index (χ0v) is 7.26. The summed E-state index contributed by atoms with van der Waals surface area (Å²) < 4.78 is 27.8. The van der Waals surface area contributed by atoms with Crippen LogP contribution in [-0.4, -0.2) is 13.4 Å². The van der Waals surface area contributed by atoms with Crippen LogP contribution < -0.4 is 9.86 Å². The Kier molecular flexibility index (Phi) is 2.46. The fourth-order valence-corrected chi connectivity index (χ4v) is 0.970. The molecular formula is C5H9N3O3S. The van der Waals surface area contributed by atoms with Gasteiger partial charge in [-0.3, -0.25) is 0 Å². The normalized spacial score (nSPS) is 11.8. The lowest BCUT2D eigenvalue weighted by Crippen LogP contribution is -2.30. The second kappa shape index (κ2) is 3.21. The van der Waals surface area contributed by atoms with Crippen molar-refractivity contribution in [2.45, 2.75) is 13.5 Å². The average molecular weight is 191 g/mol. The van der Waals surface area contributed by atoms with Gasteiger partial charge in [0.1, 0.15) is 5.76 Å². The number of rotatable bonds is 3. The maximum Gasteiger partial charge on any atom is 0.274 e. The van der Waals surface area contributed by atoms with Crippen molar-refractivity contribution in [2.75, 3.05) is 0 Å². The highest BCUT2D eigenvalue weighted by Crippen LogP contribution is 2.00. The topological polar surface area (TPSA) is 98.2 Å². The van der Waals surface area contributed by atoms with Crippen LogP contribution in [0.15, 0.2) is 10.6 Å². The molecule has 1 heterocycles. The molecule has 0 aromatic carbocycles. The van der Waals surface area contributed by atoms with Crippen molar-refractivity contribution in [1.82, 2.24) is 9.71 Å².